The molecular formula is C24H19N3OS. The molecule has 5 heteroatoms. The van der Waals surface area contributed by atoms with Gasteiger partial charge in [-0.05, 0) is 67.4 Å². The molecule has 29 heavy (non-hydrogen) atoms. The van der Waals surface area contributed by atoms with Crippen LogP contribution in [0.1, 0.15) is 21.5 Å². The third-order valence-electron chi connectivity index (χ3n) is 5.41. The van der Waals surface area contributed by atoms with Crippen LogP contribution in [-0.2, 0) is 0 Å². The summed E-state index contributed by atoms with van der Waals surface area (Å²) >= 11 is 1.61. The van der Waals surface area contributed by atoms with E-state index >= 15 is 0 Å². The Kier molecular flexibility index (Phi) is 4.07. The average molecular weight is 398 g/mol. The van der Waals surface area contributed by atoms with E-state index in [1.54, 1.807) is 16.2 Å². The van der Waals surface area contributed by atoms with E-state index in [4.69, 9.17) is 9.97 Å². The number of aromatic nitrogens is 2. The highest BCUT2D eigenvalue weighted by molar-refractivity contribution is 7.25. The Balaban J connectivity index is 1.61. The molecule has 0 aliphatic heterocycles. The quantitative estimate of drug-likeness (QED) is 0.373. The Hall–Kier alpha value is -3.31. The largest absolute Gasteiger partial charge is 0.311 e. The van der Waals surface area contributed by atoms with Gasteiger partial charge in [0.15, 0.2) is 0 Å². The van der Waals surface area contributed by atoms with Crippen LogP contribution in [0.4, 0.5) is 5.69 Å². The number of rotatable bonds is 2. The van der Waals surface area contributed by atoms with Gasteiger partial charge in [0.25, 0.3) is 5.91 Å². The third kappa shape index (κ3) is 2.95. The van der Waals surface area contributed by atoms with Gasteiger partial charge in [-0.2, -0.15) is 0 Å². The number of fused-ring (bicyclic) bond motifs is 4. The number of benzene rings is 3. The van der Waals surface area contributed by atoms with Crippen LogP contribution in [0.25, 0.3) is 31.5 Å². The molecule has 3 aromatic carbocycles. The van der Waals surface area contributed by atoms with Crippen LogP contribution in [0, 0.1) is 13.8 Å². The molecule has 2 heterocycles. The highest BCUT2D eigenvalue weighted by atomic mass is 32.1. The molecule has 0 saturated carbocycles. The number of carbonyl (C=O) groups is 1. The lowest BCUT2D eigenvalue weighted by molar-refractivity contribution is 0.0993. The first-order valence-corrected chi connectivity index (χ1v) is 10.3. The standard InChI is InChI=1S/C24H19N3OS/c1-14-8-10-17(12-15(14)2)27(3)24(28)16-9-11-21-18(13-16)22-23(29-21)26-20-7-5-4-6-19(20)25-22/h4-13H,1-3H3. The Morgan fingerprint density at radius 2 is 1.66 bits per heavy atom. The van der Waals surface area contributed by atoms with Gasteiger partial charge in [-0.15, -0.1) is 11.3 Å². The van der Waals surface area contributed by atoms with Crippen LogP contribution in [0.3, 0.4) is 0 Å². The van der Waals surface area contributed by atoms with Crippen molar-refractivity contribution >= 4 is 54.4 Å². The molecule has 0 aliphatic carbocycles. The predicted molar refractivity (Wildman–Crippen MR) is 121 cm³/mol. The van der Waals surface area contributed by atoms with Crippen molar-refractivity contribution in [3.8, 4) is 0 Å². The van der Waals surface area contributed by atoms with Crippen LogP contribution >= 0.6 is 11.3 Å². The van der Waals surface area contributed by atoms with Gasteiger partial charge < -0.3 is 4.90 Å². The predicted octanol–water partition coefficient (Wildman–Crippen LogP) is 5.89. The lowest BCUT2D eigenvalue weighted by atomic mass is 10.1. The molecule has 4 nitrogen and oxygen atoms in total. The maximum atomic E-state index is 13.1. The normalized spacial score (nSPS) is 11.4. The minimum absolute atomic E-state index is 0.0387. The van der Waals surface area contributed by atoms with Crippen molar-refractivity contribution in [2.75, 3.05) is 11.9 Å². The number of anilines is 1. The van der Waals surface area contributed by atoms with E-state index in [0.717, 1.165) is 37.2 Å². The van der Waals surface area contributed by atoms with Crippen molar-refractivity contribution < 1.29 is 4.79 Å². The Morgan fingerprint density at radius 3 is 2.41 bits per heavy atom. The van der Waals surface area contributed by atoms with Gasteiger partial charge in [-0.1, -0.05) is 18.2 Å². The minimum atomic E-state index is -0.0387. The van der Waals surface area contributed by atoms with E-state index in [2.05, 4.69) is 13.8 Å². The molecule has 142 valence electrons. The fraction of sp³-hybridized carbons (Fsp3) is 0.125. The van der Waals surface area contributed by atoms with Gasteiger partial charge in [0.1, 0.15) is 10.3 Å². The SMILES string of the molecule is Cc1ccc(N(C)C(=O)c2ccc3sc4nc5ccccc5nc4c3c2)cc1C. The fourth-order valence-corrected chi connectivity index (χ4v) is 4.52. The van der Waals surface area contributed by atoms with Crippen LogP contribution in [0.2, 0.25) is 0 Å². The van der Waals surface area contributed by atoms with Gasteiger partial charge in [0, 0.05) is 28.4 Å². The molecule has 5 rings (SSSR count). The smallest absolute Gasteiger partial charge is 0.258 e. The number of carbonyl (C=O) groups excluding carboxylic acids is 1. The van der Waals surface area contributed by atoms with Gasteiger partial charge in [-0.3, -0.25) is 4.79 Å². The second-order valence-corrected chi connectivity index (χ2v) is 8.34. The highest BCUT2D eigenvalue weighted by Gasteiger charge is 2.17. The monoisotopic (exact) mass is 397 g/mol. The summed E-state index contributed by atoms with van der Waals surface area (Å²) in [5, 5.41) is 0.975. The summed E-state index contributed by atoms with van der Waals surface area (Å²) in [5.41, 5.74) is 6.52. The molecule has 0 fully saturated rings. The second kappa shape index (κ2) is 6.64. The number of hydrogen-bond acceptors (Lipinski definition) is 4. The summed E-state index contributed by atoms with van der Waals surface area (Å²) in [6, 6.07) is 19.8. The molecule has 0 unspecified atom stereocenters. The van der Waals surface area contributed by atoms with Crippen LogP contribution in [-0.4, -0.2) is 22.9 Å². The van der Waals surface area contributed by atoms with Crippen molar-refractivity contribution in [2.24, 2.45) is 0 Å². The van der Waals surface area contributed by atoms with Crippen molar-refractivity contribution in [3.05, 3.63) is 77.4 Å². The van der Waals surface area contributed by atoms with Gasteiger partial charge in [0.2, 0.25) is 0 Å². The Morgan fingerprint density at radius 1 is 0.897 bits per heavy atom. The molecule has 0 spiro atoms. The molecule has 2 aromatic heterocycles. The van der Waals surface area contributed by atoms with E-state index in [9.17, 15) is 4.79 Å². The van der Waals surface area contributed by atoms with Crippen LogP contribution in [0.5, 0.6) is 0 Å². The zero-order valence-electron chi connectivity index (χ0n) is 16.4. The van der Waals surface area contributed by atoms with E-state index < -0.39 is 0 Å². The molecule has 1 amide bonds. The number of nitrogens with zero attached hydrogens (tertiary/aromatic N) is 3. The van der Waals surface area contributed by atoms with Crippen LogP contribution in [0.15, 0.2) is 60.7 Å². The number of thiophene rings is 1. The zero-order chi connectivity index (χ0) is 20.1. The summed E-state index contributed by atoms with van der Waals surface area (Å²) in [6.07, 6.45) is 0. The van der Waals surface area contributed by atoms with Crippen molar-refractivity contribution in [1.29, 1.82) is 0 Å². The summed E-state index contributed by atoms with van der Waals surface area (Å²) in [4.78, 5) is 25.3. The molecule has 0 radical (unpaired) electrons. The maximum Gasteiger partial charge on any atom is 0.258 e. The molecule has 0 bridgehead atoms. The molecule has 0 N–H and O–H groups in total. The zero-order valence-corrected chi connectivity index (χ0v) is 17.2. The number of amides is 1. The van der Waals surface area contributed by atoms with E-state index in [0.29, 0.717) is 5.56 Å². The topological polar surface area (TPSA) is 46.1 Å². The fourth-order valence-electron chi connectivity index (χ4n) is 3.52. The molecule has 0 atom stereocenters. The van der Waals surface area contributed by atoms with E-state index in [-0.39, 0.29) is 5.91 Å². The molecule has 5 aromatic rings. The second-order valence-electron chi connectivity index (χ2n) is 7.31. The van der Waals surface area contributed by atoms with Gasteiger partial charge in [-0.25, -0.2) is 9.97 Å². The summed E-state index contributed by atoms with van der Waals surface area (Å²) in [6.45, 7) is 4.13. The van der Waals surface area contributed by atoms with Crippen molar-refractivity contribution in [1.82, 2.24) is 9.97 Å². The first kappa shape index (κ1) is 17.8. The van der Waals surface area contributed by atoms with Gasteiger partial charge in [0.05, 0.1) is 11.0 Å². The van der Waals surface area contributed by atoms with E-state index in [1.807, 2.05) is 67.7 Å². The summed E-state index contributed by atoms with van der Waals surface area (Å²) in [7, 11) is 1.82. The highest BCUT2D eigenvalue weighted by Crippen LogP contribution is 2.33. The van der Waals surface area contributed by atoms with Crippen molar-refractivity contribution in [2.45, 2.75) is 13.8 Å². The minimum Gasteiger partial charge on any atom is -0.311 e. The number of hydrogen-bond donors (Lipinski definition) is 0. The lowest BCUT2D eigenvalue weighted by Crippen LogP contribution is -2.26. The van der Waals surface area contributed by atoms with Gasteiger partial charge >= 0.3 is 0 Å². The maximum absolute atomic E-state index is 13.1. The summed E-state index contributed by atoms with van der Waals surface area (Å²) in [5.74, 6) is -0.0387. The molecule has 0 saturated heterocycles. The first-order chi connectivity index (χ1) is 14.0. The first-order valence-electron chi connectivity index (χ1n) is 9.45. The average Bonchev–Trinajstić information content (AvgIpc) is 3.09. The lowest BCUT2D eigenvalue weighted by Gasteiger charge is -2.18. The number of aryl methyl sites for hydroxylation is 2. The van der Waals surface area contributed by atoms with E-state index in [1.165, 1.54) is 11.1 Å². The Bertz CT molecular complexity index is 1420. The Labute approximate surface area is 172 Å². The number of para-hydroxylation sites is 2. The van der Waals surface area contributed by atoms with Crippen molar-refractivity contribution in [3.63, 3.8) is 0 Å². The summed E-state index contributed by atoms with van der Waals surface area (Å²) < 4.78 is 1.08. The third-order valence-corrected chi connectivity index (χ3v) is 6.46. The van der Waals surface area contributed by atoms with Crippen LogP contribution < -0.4 is 4.90 Å². The molecule has 0 aliphatic rings. The molecular weight excluding hydrogens is 378 g/mol.